The Labute approximate surface area is 112 Å². The molecular weight excluding hydrogens is 269 g/mol. The van der Waals surface area contributed by atoms with Crippen molar-refractivity contribution in [3.05, 3.63) is 52.1 Å². The van der Waals surface area contributed by atoms with Crippen LogP contribution < -0.4 is 0 Å². The zero-order valence-corrected chi connectivity index (χ0v) is 10.4. The van der Waals surface area contributed by atoms with Crippen molar-refractivity contribution < 1.29 is 18.8 Å². The van der Waals surface area contributed by atoms with Crippen molar-refractivity contribution >= 4 is 11.7 Å². The fourth-order valence-corrected chi connectivity index (χ4v) is 1.57. The number of benzene rings is 1. The Balaban J connectivity index is 2.34. The zero-order valence-electron chi connectivity index (χ0n) is 10.4. The summed E-state index contributed by atoms with van der Waals surface area (Å²) >= 11 is 0. The average molecular weight is 279 g/mol. The highest BCUT2D eigenvalue weighted by molar-refractivity contribution is 5.89. The molecule has 1 aromatic carbocycles. The zero-order chi connectivity index (χ0) is 14.7. The van der Waals surface area contributed by atoms with E-state index in [1.165, 1.54) is 24.3 Å². The third kappa shape index (κ3) is 2.48. The van der Waals surface area contributed by atoms with E-state index in [-0.39, 0.29) is 23.5 Å². The number of hydrogen-bond donors (Lipinski definition) is 0. The molecule has 0 spiro atoms. The largest absolute Gasteiger partial charge is 0.462 e. The second-order valence-corrected chi connectivity index (χ2v) is 3.75. The highest BCUT2D eigenvalue weighted by Gasteiger charge is 2.19. The number of non-ortho nitro benzene ring substituents is 1. The molecule has 0 amide bonds. The van der Waals surface area contributed by atoms with Crippen molar-refractivity contribution in [3.8, 4) is 5.69 Å². The van der Waals surface area contributed by atoms with Crippen LogP contribution in [-0.2, 0) is 4.74 Å². The molecule has 0 saturated heterocycles. The topological polar surface area (TPSA) is 87.3 Å². The molecule has 0 bridgehead atoms. The van der Waals surface area contributed by atoms with Gasteiger partial charge in [0.1, 0.15) is 5.56 Å². The van der Waals surface area contributed by atoms with Gasteiger partial charge in [0.15, 0.2) is 0 Å². The molecule has 20 heavy (non-hydrogen) atoms. The van der Waals surface area contributed by atoms with E-state index in [1.807, 2.05) is 0 Å². The van der Waals surface area contributed by atoms with Gasteiger partial charge in [-0.25, -0.2) is 9.48 Å². The van der Waals surface area contributed by atoms with Crippen molar-refractivity contribution in [2.45, 2.75) is 6.92 Å². The lowest BCUT2D eigenvalue weighted by atomic mass is 10.3. The Bertz CT molecular complexity index is 651. The summed E-state index contributed by atoms with van der Waals surface area (Å²) in [5, 5.41) is 14.3. The predicted molar refractivity (Wildman–Crippen MR) is 66.1 cm³/mol. The van der Waals surface area contributed by atoms with E-state index in [0.717, 1.165) is 10.9 Å². The monoisotopic (exact) mass is 279 g/mol. The third-order valence-electron chi connectivity index (χ3n) is 2.51. The number of nitrogens with zero attached hydrogens (tertiary/aromatic N) is 3. The van der Waals surface area contributed by atoms with Crippen LogP contribution in [0.2, 0.25) is 0 Å². The molecule has 0 fully saturated rings. The first kappa shape index (κ1) is 13.7. The van der Waals surface area contributed by atoms with Crippen LogP contribution in [0.15, 0.2) is 30.5 Å². The van der Waals surface area contributed by atoms with Gasteiger partial charge in [0.05, 0.1) is 23.4 Å². The fourth-order valence-electron chi connectivity index (χ4n) is 1.57. The van der Waals surface area contributed by atoms with E-state index in [1.54, 1.807) is 6.92 Å². The van der Waals surface area contributed by atoms with E-state index >= 15 is 0 Å². The van der Waals surface area contributed by atoms with Gasteiger partial charge < -0.3 is 4.74 Å². The Hall–Kier alpha value is -2.77. The van der Waals surface area contributed by atoms with Crippen molar-refractivity contribution in [2.24, 2.45) is 0 Å². The fraction of sp³-hybridized carbons (Fsp3) is 0.167. The quantitative estimate of drug-likeness (QED) is 0.486. The van der Waals surface area contributed by atoms with Gasteiger partial charge in [-0.3, -0.25) is 10.1 Å². The Morgan fingerprint density at radius 2 is 2.10 bits per heavy atom. The van der Waals surface area contributed by atoms with Crippen LogP contribution in [-0.4, -0.2) is 27.3 Å². The van der Waals surface area contributed by atoms with Gasteiger partial charge in [0.2, 0.25) is 5.95 Å². The smallest absolute Gasteiger partial charge is 0.344 e. The molecule has 0 atom stereocenters. The maximum atomic E-state index is 14.0. The Morgan fingerprint density at radius 1 is 1.45 bits per heavy atom. The van der Waals surface area contributed by atoms with Gasteiger partial charge in [-0.1, -0.05) is 0 Å². The molecule has 7 nitrogen and oxygen atoms in total. The summed E-state index contributed by atoms with van der Waals surface area (Å²) in [4.78, 5) is 21.4. The number of ether oxygens (including phenoxy) is 1. The third-order valence-corrected chi connectivity index (χ3v) is 2.51. The first-order valence-electron chi connectivity index (χ1n) is 5.70. The Morgan fingerprint density at radius 3 is 2.65 bits per heavy atom. The lowest BCUT2D eigenvalue weighted by Gasteiger charge is -2.02. The normalized spacial score (nSPS) is 10.3. The van der Waals surface area contributed by atoms with E-state index < -0.39 is 16.8 Å². The van der Waals surface area contributed by atoms with Gasteiger partial charge in [-0.15, -0.1) is 0 Å². The molecule has 0 aliphatic carbocycles. The molecule has 0 aliphatic rings. The molecular formula is C12H10FN3O4. The number of carbonyl (C=O) groups excluding carboxylic acids is 1. The molecule has 1 aromatic heterocycles. The molecule has 1 heterocycles. The average Bonchev–Trinajstić information content (AvgIpc) is 2.81. The van der Waals surface area contributed by atoms with Crippen LogP contribution in [0.4, 0.5) is 10.1 Å². The second-order valence-electron chi connectivity index (χ2n) is 3.75. The summed E-state index contributed by atoms with van der Waals surface area (Å²) in [6.45, 7) is 1.73. The molecule has 104 valence electrons. The van der Waals surface area contributed by atoms with Crippen LogP contribution >= 0.6 is 0 Å². The summed E-state index contributed by atoms with van der Waals surface area (Å²) in [6.07, 6.45) is 1.05. The van der Waals surface area contributed by atoms with Crippen molar-refractivity contribution in [3.63, 3.8) is 0 Å². The standard InChI is InChI=1S/C12H10FN3O4/c1-2-20-12(17)10-7-14-15(11(10)13)8-3-5-9(6-4-8)16(18)19/h3-7H,2H2,1H3. The van der Waals surface area contributed by atoms with Gasteiger partial charge in [0, 0.05) is 12.1 Å². The molecule has 8 heteroatoms. The predicted octanol–water partition coefficient (Wildman–Crippen LogP) is 2.10. The number of esters is 1. The van der Waals surface area contributed by atoms with Gasteiger partial charge >= 0.3 is 5.97 Å². The SMILES string of the molecule is CCOC(=O)c1cnn(-c2ccc([N+](=O)[O-])cc2)c1F. The van der Waals surface area contributed by atoms with Crippen LogP contribution in [0.1, 0.15) is 17.3 Å². The number of carbonyl (C=O) groups is 1. The maximum absolute atomic E-state index is 14.0. The van der Waals surface area contributed by atoms with E-state index in [2.05, 4.69) is 9.84 Å². The van der Waals surface area contributed by atoms with Crippen LogP contribution in [0, 0.1) is 16.1 Å². The first-order chi connectivity index (χ1) is 9.54. The molecule has 2 aromatic rings. The van der Waals surface area contributed by atoms with Crippen molar-refractivity contribution in [1.29, 1.82) is 0 Å². The number of rotatable bonds is 4. The van der Waals surface area contributed by atoms with E-state index in [4.69, 9.17) is 0 Å². The molecule has 0 radical (unpaired) electrons. The lowest BCUT2D eigenvalue weighted by Crippen LogP contribution is -2.07. The molecule has 0 aliphatic heterocycles. The van der Waals surface area contributed by atoms with Crippen LogP contribution in [0.3, 0.4) is 0 Å². The van der Waals surface area contributed by atoms with Crippen molar-refractivity contribution in [2.75, 3.05) is 6.61 Å². The molecule has 0 unspecified atom stereocenters. The van der Waals surface area contributed by atoms with Crippen molar-refractivity contribution in [1.82, 2.24) is 9.78 Å². The van der Waals surface area contributed by atoms with Gasteiger partial charge in [-0.05, 0) is 19.1 Å². The van der Waals surface area contributed by atoms with Crippen LogP contribution in [0.5, 0.6) is 0 Å². The summed E-state index contributed by atoms with van der Waals surface area (Å²) < 4.78 is 19.6. The Kier molecular flexibility index (Phi) is 3.74. The number of nitro benzene ring substituents is 1. The molecule has 2 rings (SSSR count). The number of aromatic nitrogens is 2. The summed E-state index contributed by atoms with van der Waals surface area (Å²) in [7, 11) is 0. The minimum Gasteiger partial charge on any atom is -0.462 e. The first-order valence-corrected chi connectivity index (χ1v) is 5.70. The second kappa shape index (κ2) is 5.47. The minimum absolute atomic E-state index is 0.119. The van der Waals surface area contributed by atoms with E-state index in [0.29, 0.717) is 0 Å². The number of hydrogen-bond acceptors (Lipinski definition) is 5. The molecule has 0 saturated carbocycles. The minimum atomic E-state index is -0.877. The summed E-state index contributed by atoms with van der Waals surface area (Å²) in [5.74, 6) is -1.68. The van der Waals surface area contributed by atoms with Gasteiger partial charge in [-0.2, -0.15) is 9.49 Å². The highest BCUT2D eigenvalue weighted by atomic mass is 19.1. The molecule has 0 N–H and O–H groups in total. The number of halogens is 1. The van der Waals surface area contributed by atoms with E-state index in [9.17, 15) is 19.3 Å². The van der Waals surface area contributed by atoms with Crippen LogP contribution in [0.25, 0.3) is 5.69 Å². The summed E-state index contributed by atoms with van der Waals surface area (Å²) in [6, 6.07) is 5.12. The maximum Gasteiger partial charge on any atom is 0.344 e. The lowest BCUT2D eigenvalue weighted by molar-refractivity contribution is -0.384. The summed E-state index contributed by atoms with van der Waals surface area (Å²) in [5.41, 5.74) is -0.138. The highest BCUT2D eigenvalue weighted by Crippen LogP contribution is 2.18. The van der Waals surface area contributed by atoms with Gasteiger partial charge in [0.25, 0.3) is 5.69 Å². The number of nitro groups is 1.